The van der Waals surface area contributed by atoms with Crippen LogP contribution in [0, 0.1) is 5.92 Å². The van der Waals surface area contributed by atoms with Crippen LogP contribution >= 0.6 is 23.4 Å². The summed E-state index contributed by atoms with van der Waals surface area (Å²) in [6.45, 7) is 7.70. The minimum atomic E-state index is -4.87. The molecule has 3 aliphatic heterocycles. The number of para-hydroxylation sites is 2. The van der Waals surface area contributed by atoms with E-state index in [-0.39, 0.29) is 58.3 Å². The number of piperidine rings is 1. The van der Waals surface area contributed by atoms with Crippen molar-refractivity contribution in [3.8, 4) is 11.5 Å². The summed E-state index contributed by atoms with van der Waals surface area (Å²) in [4.78, 5) is 47.1. The number of anilines is 4. The Kier molecular flexibility index (Phi) is 23.6. The number of urea groups is 1. The van der Waals surface area contributed by atoms with Crippen LogP contribution in [-0.2, 0) is 33.3 Å². The van der Waals surface area contributed by atoms with Gasteiger partial charge < -0.3 is 65.1 Å². The van der Waals surface area contributed by atoms with Crippen LogP contribution in [0.2, 0.25) is 5.02 Å². The molecule has 0 radical (unpaired) electrons. The number of halogens is 4. The Bertz CT molecular complexity index is 2090. The third kappa shape index (κ3) is 20.6. The van der Waals surface area contributed by atoms with Gasteiger partial charge in [0.05, 0.1) is 96.0 Å². The zero-order chi connectivity index (χ0) is 50.1. The molecule has 71 heavy (non-hydrogen) atoms. The van der Waals surface area contributed by atoms with Crippen LogP contribution in [-0.4, -0.2) is 168 Å². The molecule has 4 atom stereocenters. The SMILES string of the molecule is O=C(CCCCC1SCC2NC(=O)NC21)NCCOCCOCCOCCOCCOCCNC(=O)C1CCCN(CCOc2ccc(Nc3nc(Nc4ccccc4OC(F)(F)F)ncc3Cl)cc2)C1. The molecule has 3 saturated heterocycles. The average molecular weight is 1040 g/mol. The highest BCUT2D eigenvalue weighted by molar-refractivity contribution is 8.00. The summed E-state index contributed by atoms with van der Waals surface area (Å²) < 4.78 is 76.4. The lowest BCUT2D eigenvalue weighted by Gasteiger charge is -2.31. The Hall–Kier alpha value is -4.88. The minimum Gasteiger partial charge on any atom is -0.492 e. The van der Waals surface area contributed by atoms with Crippen molar-refractivity contribution in [2.45, 2.75) is 62.2 Å². The lowest BCUT2D eigenvalue weighted by molar-refractivity contribution is -0.274. The minimum absolute atomic E-state index is 0.00581. The van der Waals surface area contributed by atoms with E-state index < -0.39 is 12.1 Å². The number of aromatic nitrogens is 2. The quantitative estimate of drug-likeness (QED) is 0.0321. The Morgan fingerprint density at radius 3 is 2.21 bits per heavy atom. The van der Waals surface area contributed by atoms with Crippen molar-refractivity contribution in [3.05, 3.63) is 59.8 Å². The van der Waals surface area contributed by atoms with Crippen LogP contribution in [0.15, 0.2) is 54.7 Å². The van der Waals surface area contributed by atoms with Crippen molar-refractivity contribution in [1.29, 1.82) is 0 Å². The second kappa shape index (κ2) is 30.2. The smallest absolute Gasteiger partial charge is 0.492 e. The number of carbonyl (C=O) groups excluding carboxylic acids is 3. The Morgan fingerprint density at radius 1 is 0.831 bits per heavy atom. The topological polar surface area (TPSA) is 217 Å². The van der Waals surface area contributed by atoms with Crippen LogP contribution < -0.4 is 41.4 Å². The first-order chi connectivity index (χ1) is 34.5. The third-order valence-electron chi connectivity index (χ3n) is 11.5. The number of likely N-dealkylation sites (tertiary alicyclic amines) is 1. The molecule has 0 saturated carbocycles. The number of hydrogen-bond acceptors (Lipinski definition) is 16. The Labute approximate surface area is 421 Å². The summed E-state index contributed by atoms with van der Waals surface area (Å²) >= 11 is 8.20. The van der Waals surface area contributed by atoms with E-state index in [9.17, 15) is 27.6 Å². The van der Waals surface area contributed by atoms with E-state index in [1.807, 2.05) is 11.8 Å². The summed E-state index contributed by atoms with van der Waals surface area (Å²) in [5.41, 5.74) is 0.664. The van der Waals surface area contributed by atoms with Gasteiger partial charge in [0.25, 0.3) is 0 Å². The molecule has 3 fully saturated rings. The van der Waals surface area contributed by atoms with Crippen molar-refractivity contribution < 1.29 is 60.7 Å². The maximum atomic E-state index is 12.9. The molecule has 3 aliphatic rings. The molecule has 6 rings (SSSR count). The molecule has 4 unspecified atom stereocenters. The fourth-order valence-electron chi connectivity index (χ4n) is 7.95. The molecule has 2 aromatic carbocycles. The normalized spacial score (nSPS) is 18.8. The number of thioether (sulfide) groups is 1. The lowest BCUT2D eigenvalue weighted by Crippen LogP contribution is -2.44. The molecule has 4 amide bonds. The number of nitrogens with zero attached hydrogens (tertiary/aromatic N) is 3. The van der Waals surface area contributed by atoms with Gasteiger partial charge in [0.15, 0.2) is 11.6 Å². The monoisotopic (exact) mass is 1040 g/mol. The van der Waals surface area contributed by atoms with Gasteiger partial charge in [-0.2, -0.15) is 16.7 Å². The van der Waals surface area contributed by atoms with Crippen LogP contribution in [0.3, 0.4) is 0 Å². The van der Waals surface area contributed by atoms with Crippen LogP contribution in [0.4, 0.5) is 41.1 Å². The number of unbranched alkanes of at least 4 members (excludes halogenated alkanes) is 1. The number of nitrogens with one attached hydrogen (secondary N) is 6. The van der Waals surface area contributed by atoms with Gasteiger partial charge >= 0.3 is 12.4 Å². The predicted molar refractivity (Wildman–Crippen MR) is 262 cm³/mol. The predicted octanol–water partition coefficient (Wildman–Crippen LogP) is 5.65. The molecular weight excluding hydrogens is 975 g/mol. The summed E-state index contributed by atoms with van der Waals surface area (Å²) in [6, 6.07) is 13.0. The van der Waals surface area contributed by atoms with Crippen molar-refractivity contribution in [1.82, 2.24) is 36.1 Å². The van der Waals surface area contributed by atoms with Crippen molar-refractivity contribution in [3.63, 3.8) is 0 Å². The summed E-state index contributed by atoms with van der Waals surface area (Å²) in [5.74, 6) is 1.32. The van der Waals surface area contributed by atoms with Gasteiger partial charge in [-0.3, -0.25) is 14.5 Å². The fourth-order valence-corrected chi connectivity index (χ4v) is 9.63. The largest absolute Gasteiger partial charge is 0.573 e. The number of benzene rings is 2. The maximum Gasteiger partial charge on any atom is 0.573 e. The van der Waals surface area contributed by atoms with Gasteiger partial charge in [0.1, 0.15) is 17.4 Å². The number of carbonyl (C=O) groups is 3. The second-order valence-electron chi connectivity index (χ2n) is 16.8. The summed E-state index contributed by atoms with van der Waals surface area (Å²) in [5, 5.41) is 18.3. The number of ether oxygens (including phenoxy) is 7. The zero-order valence-electron chi connectivity index (χ0n) is 39.6. The number of rotatable bonds is 33. The standard InChI is InChI=1S/C47H65ClF3N9O10S/c48-36-30-54-45(56-37-7-1-2-8-39(37)70-47(49,50)51)59-43(36)55-34-11-13-35(14-12-34)69-21-18-60-17-5-6-33(31-60)44(62)53-16-20-65-23-25-67-27-29-68-28-26-66-24-22-64-19-15-52-41(61)10-4-3-9-40-42-38(32-71-40)57-46(63)58-42/h1-2,7-8,11-14,30,33,38,40,42H,3-6,9-10,15-29,31-32H2,(H,52,61)(H,53,62)(H2,57,58,63)(H2,54,55,56,59). The number of hydrogen-bond donors (Lipinski definition) is 6. The van der Waals surface area contributed by atoms with Gasteiger partial charge in [-0.05, 0) is 68.6 Å². The van der Waals surface area contributed by atoms with E-state index in [1.54, 1.807) is 30.3 Å². The zero-order valence-corrected chi connectivity index (χ0v) is 41.2. The van der Waals surface area contributed by atoms with Gasteiger partial charge in [-0.25, -0.2) is 9.78 Å². The Balaban J connectivity index is 0.698. The first-order valence-electron chi connectivity index (χ1n) is 24.0. The number of fused-ring (bicyclic) bond motifs is 1. The first-order valence-corrected chi connectivity index (χ1v) is 25.4. The third-order valence-corrected chi connectivity index (χ3v) is 13.2. The maximum absolute atomic E-state index is 12.9. The first kappa shape index (κ1) is 55.4. The van der Waals surface area contributed by atoms with E-state index in [0.29, 0.717) is 122 Å². The molecule has 3 aromatic rings. The van der Waals surface area contributed by atoms with E-state index in [1.165, 1.54) is 24.4 Å². The van der Waals surface area contributed by atoms with Gasteiger partial charge in [0, 0.05) is 49.3 Å². The highest BCUT2D eigenvalue weighted by Crippen LogP contribution is 2.34. The lowest BCUT2D eigenvalue weighted by atomic mass is 9.97. The molecule has 4 heterocycles. The fraction of sp³-hybridized carbons (Fsp3) is 0.596. The second-order valence-corrected chi connectivity index (χ2v) is 18.4. The highest BCUT2D eigenvalue weighted by Gasteiger charge is 2.42. The van der Waals surface area contributed by atoms with Gasteiger partial charge in [-0.1, -0.05) is 30.2 Å². The Morgan fingerprint density at radius 2 is 1.51 bits per heavy atom. The molecule has 1 aromatic heterocycles. The van der Waals surface area contributed by atoms with E-state index in [4.69, 9.17) is 40.0 Å². The van der Waals surface area contributed by atoms with Crippen LogP contribution in [0.1, 0.15) is 38.5 Å². The highest BCUT2D eigenvalue weighted by atomic mass is 35.5. The molecule has 19 nitrogen and oxygen atoms in total. The van der Waals surface area contributed by atoms with Crippen LogP contribution in [0.5, 0.6) is 11.5 Å². The van der Waals surface area contributed by atoms with E-state index in [0.717, 1.165) is 44.4 Å². The summed E-state index contributed by atoms with van der Waals surface area (Å²) in [7, 11) is 0. The van der Waals surface area contributed by atoms with Crippen molar-refractivity contribution in [2.75, 3.05) is 122 Å². The molecule has 24 heteroatoms. The molecule has 0 bridgehead atoms. The average Bonchev–Trinajstić information content (AvgIpc) is 3.91. The molecule has 6 N–H and O–H groups in total. The summed E-state index contributed by atoms with van der Waals surface area (Å²) in [6.07, 6.45) is 1.44. The van der Waals surface area contributed by atoms with Crippen molar-refractivity contribution >= 4 is 64.3 Å². The van der Waals surface area contributed by atoms with E-state index >= 15 is 0 Å². The van der Waals surface area contributed by atoms with Crippen molar-refractivity contribution in [2.24, 2.45) is 5.92 Å². The number of alkyl halides is 3. The van der Waals surface area contributed by atoms with Crippen LogP contribution in [0.25, 0.3) is 0 Å². The van der Waals surface area contributed by atoms with E-state index in [2.05, 4.69) is 51.5 Å². The molecule has 0 spiro atoms. The molecule has 0 aliphatic carbocycles. The molecular formula is C47H65ClF3N9O10S. The molecule has 392 valence electrons. The van der Waals surface area contributed by atoms with Gasteiger partial charge in [0.2, 0.25) is 17.8 Å². The number of amides is 4. The van der Waals surface area contributed by atoms with Gasteiger partial charge in [-0.15, -0.1) is 13.2 Å².